The van der Waals surface area contributed by atoms with Crippen molar-refractivity contribution in [2.75, 3.05) is 11.9 Å². The highest BCUT2D eigenvalue weighted by Gasteiger charge is 2.17. The summed E-state index contributed by atoms with van der Waals surface area (Å²) in [5.74, 6) is -1.01. The van der Waals surface area contributed by atoms with Crippen LogP contribution in [-0.2, 0) is 14.3 Å². The molecular weight excluding hydrogens is 330 g/mol. The maximum absolute atomic E-state index is 11.9. The predicted octanol–water partition coefficient (Wildman–Crippen LogP) is 0.988. The number of carbonyl (C=O) groups excluding carboxylic acids is 3. The minimum Gasteiger partial charge on any atom is -0.440 e. The Hall–Kier alpha value is -2.09. The molecule has 0 aliphatic carbocycles. The standard InChI is InChI=1S/C12H14BrN3O4/c1-7(15-10(17)6-20-12(14)19)11(18)16-9-5-3-2-4-8(9)13/h2-5,7H,6H2,1H3,(H2,14,19)(H,15,17)(H,16,18). The highest BCUT2D eigenvalue weighted by Crippen LogP contribution is 2.21. The average molecular weight is 344 g/mol. The molecule has 1 atom stereocenters. The van der Waals surface area contributed by atoms with E-state index in [4.69, 9.17) is 5.73 Å². The number of anilines is 1. The van der Waals surface area contributed by atoms with Gasteiger partial charge in [0.05, 0.1) is 5.69 Å². The summed E-state index contributed by atoms with van der Waals surface area (Å²) in [5.41, 5.74) is 5.31. The molecule has 7 nitrogen and oxygen atoms in total. The summed E-state index contributed by atoms with van der Waals surface area (Å²) in [6.07, 6.45) is -1.05. The molecule has 0 aliphatic heterocycles. The Kier molecular flexibility index (Phi) is 5.98. The first-order valence-electron chi connectivity index (χ1n) is 5.67. The largest absolute Gasteiger partial charge is 0.440 e. The maximum Gasteiger partial charge on any atom is 0.405 e. The second kappa shape index (κ2) is 7.49. The van der Waals surface area contributed by atoms with Crippen LogP contribution in [0.5, 0.6) is 0 Å². The highest BCUT2D eigenvalue weighted by molar-refractivity contribution is 9.10. The van der Waals surface area contributed by atoms with Crippen LogP contribution in [0.1, 0.15) is 6.92 Å². The molecule has 0 saturated heterocycles. The van der Waals surface area contributed by atoms with Crippen LogP contribution >= 0.6 is 15.9 Å². The minimum absolute atomic E-state index is 0.399. The van der Waals surface area contributed by atoms with Crippen molar-refractivity contribution in [3.63, 3.8) is 0 Å². The number of benzene rings is 1. The van der Waals surface area contributed by atoms with Crippen molar-refractivity contribution in [1.29, 1.82) is 0 Å². The lowest BCUT2D eigenvalue weighted by atomic mass is 10.2. The second-order valence-corrected chi connectivity index (χ2v) is 4.72. The van der Waals surface area contributed by atoms with Gasteiger partial charge in [-0.3, -0.25) is 9.59 Å². The fraction of sp³-hybridized carbons (Fsp3) is 0.250. The van der Waals surface area contributed by atoms with Crippen LogP contribution in [0, 0.1) is 0 Å². The summed E-state index contributed by atoms with van der Waals surface area (Å²) >= 11 is 3.29. The van der Waals surface area contributed by atoms with Crippen molar-refractivity contribution < 1.29 is 19.1 Å². The minimum atomic E-state index is -1.05. The van der Waals surface area contributed by atoms with Gasteiger partial charge >= 0.3 is 6.09 Å². The summed E-state index contributed by atoms with van der Waals surface area (Å²) in [6.45, 7) is 0.982. The Balaban J connectivity index is 2.49. The van der Waals surface area contributed by atoms with E-state index in [9.17, 15) is 14.4 Å². The topological polar surface area (TPSA) is 111 Å². The number of nitrogens with one attached hydrogen (secondary N) is 2. The van der Waals surface area contributed by atoms with Crippen molar-refractivity contribution in [3.8, 4) is 0 Å². The fourth-order valence-corrected chi connectivity index (χ4v) is 1.67. The van der Waals surface area contributed by atoms with Crippen LogP contribution < -0.4 is 16.4 Å². The lowest BCUT2D eigenvalue weighted by Crippen LogP contribution is -2.43. The van der Waals surface area contributed by atoms with E-state index in [1.165, 1.54) is 6.92 Å². The zero-order valence-corrected chi connectivity index (χ0v) is 12.3. The molecule has 4 N–H and O–H groups in total. The SMILES string of the molecule is CC(NC(=O)COC(N)=O)C(=O)Nc1ccccc1Br. The Morgan fingerprint density at radius 2 is 2.00 bits per heavy atom. The van der Waals surface area contributed by atoms with Gasteiger partial charge in [-0.25, -0.2) is 4.79 Å². The zero-order valence-electron chi connectivity index (χ0n) is 10.7. The summed E-state index contributed by atoms with van der Waals surface area (Å²) in [5, 5.41) is 5.02. The molecule has 1 unspecified atom stereocenters. The quantitative estimate of drug-likeness (QED) is 0.740. The van der Waals surface area contributed by atoms with E-state index in [-0.39, 0.29) is 0 Å². The van der Waals surface area contributed by atoms with Gasteiger partial charge in [0.1, 0.15) is 6.04 Å². The third-order valence-corrected chi connectivity index (χ3v) is 2.94. The van der Waals surface area contributed by atoms with Crippen LogP contribution in [0.2, 0.25) is 0 Å². The zero-order chi connectivity index (χ0) is 15.1. The summed E-state index contributed by atoms with van der Waals surface area (Å²) in [7, 11) is 0. The van der Waals surface area contributed by atoms with Crippen LogP contribution in [0.4, 0.5) is 10.5 Å². The molecule has 3 amide bonds. The first kappa shape index (κ1) is 16.0. The van der Waals surface area contributed by atoms with Gasteiger partial charge in [0.25, 0.3) is 5.91 Å². The fourth-order valence-electron chi connectivity index (χ4n) is 1.29. The third kappa shape index (κ3) is 5.27. The number of nitrogens with two attached hydrogens (primary N) is 1. The molecule has 0 heterocycles. The molecule has 20 heavy (non-hydrogen) atoms. The van der Waals surface area contributed by atoms with Gasteiger partial charge < -0.3 is 21.1 Å². The molecule has 0 bridgehead atoms. The van der Waals surface area contributed by atoms with Crippen molar-refractivity contribution >= 4 is 39.5 Å². The number of carbonyl (C=O) groups is 3. The Bertz CT molecular complexity index is 521. The molecule has 0 spiro atoms. The third-order valence-electron chi connectivity index (χ3n) is 2.25. The Morgan fingerprint density at radius 3 is 2.60 bits per heavy atom. The summed E-state index contributed by atoms with van der Waals surface area (Å²) in [4.78, 5) is 33.5. The first-order valence-corrected chi connectivity index (χ1v) is 6.46. The van der Waals surface area contributed by atoms with E-state index in [1.807, 2.05) is 6.07 Å². The Labute approximate surface area is 124 Å². The number of halogens is 1. The monoisotopic (exact) mass is 343 g/mol. The molecule has 1 aromatic rings. The van der Waals surface area contributed by atoms with E-state index >= 15 is 0 Å². The van der Waals surface area contributed by atoms with Crippen molar-refractivity contribution in [2.24, 2.45) is 5.73 Å². The normalized spacial score (nSPS) is 11.3. The van der Waals surface area contributed by atoms with Crippen LogP contribution in [0.15, 0.2) is 28.7 Å². The molecule has 108 valence electrons. The lowest BCUT2D eigenvalue weighted by molar-refractivity contribution is -0.128. The lowest BCUT2D eigenvalue weighted by Gasteiger charge is -2.14. The van der Waals surface area contributed by atoms with Crippen molar-refractivity contribution in [3.05, 3.63) is 28.7 Å². The highest BCUT2D eigenvalue weighted by atomic mass is 79.9. The van der Waals surface area contributed by atoms with E-state index < -0.39 is 30.6 Å². The van der Waals surface area contributed by atoms with Crippen LogP contribution in [0.3, 0.4) is 0 Å². The molecule has 0 saturated carbocycles. The number of primary amides is 1. The smallest absolute Gasteiger partial charge is 0.405 e. The van der Waals surface area contributed by atoms with Crippen molar-refractivity contribution in [2.45, 2.75) is 13.0 Å². The molecule has 0 radical (unpaired) electrons. The summed E-state index contributed by atoms with van der Waals surface area (Å²) in [6, 6.07) is 6.29. The van der Waals surface area contributed by atoms with Crippen LogP contribution in [0.25, 0.3) is 0 Å². The molecule has 0 aromatic heterocycles. The predicted molar refractivity (Wildman–Crippen MR) is 75.9 cm³/mol. The molecule has 1 rings (SSSR count). The van der Waals surface area contributed by atoms with Crippen molar-refractivity contribution in [1.82, 2.24) is 5.32 Å². The molecule has 0 aliphatic rings. The second-order valence-electron chi connectivity index (χ2n) is 3.87. The van der Waals surface area contributed by atoms with E-state index in [2.05, 4.69) is 31.3 Å². The number of amides is 3. The van der Waals surface area contributed by atoms with Gasteiger partial charge in [0.2, 0.25) is 5.91 Å². The van der Waals surface area contributed by atoms with Gasteiger partial charge in [0.15, 0.2) is 6.61 Å². The summed E-state index contributed by atoms with van der Waals surface area (Å²) < 4.78 is 5.04. The first-order chi connectivity index (χ1) is 9.40. The number of hydrogen-bond acceptors (Lipinski definition) is 4. The maximum atomic E-state index is 11.9. The van der Waals surface area contributed by atoms with Gasteiger partial charge in [-0.15, -0.1) is 0 Å². The Morgan fingerprint density at radius 1 is 1.35 bits per heavy atom. The van der Waals surface area contributed by atoms with Gasteiger partial charge in [-0.05, 0) is 35.0 Å². The molecule has 0 fully saturated rings. The van der Waals surface area contributed by atoms with Gasteiger partial charge in [-0.1, -0.05) is 12.1 Å². The number of ether oxygens (including phenoxy) is 1. The van der Waals surface area contributed by atoms with Gasteiger partial charge in [0, 0.05) is 4.47 Å². The van der Waals surface area contributed by atoms with E-state index in [1.54, 1.807) is 18.2 Å². The average Bonchev–Trinajstić information content (AvgIpc) is 2.39. The van der Waals surface area contributed by atoms with Gasteiger partial charge in [-0.2, -0.15) is 0 Å². The molecule has 1 aromatic carbocycles. The molecular formula is C12H14BrN3O4. The number of para-hydroxylation sites is 1. The number of rotatable bonds is 5. The number of hydrogen-bond donors (Lipinski definition) is 3. The van der Waals surface area contributed by atoms with E-state index in [0.717, 1.165) is 4.47 Å². The van der Waals surface area contributed by atoms with E-state index in [0.29, 0.717) is 5.69 Å². The van der Waals surface area contributed by atoms with Crippen LogP contribution in [-0.4, -0.2) is 30.6 Å². The molecule has 8 heteroatoms.